The Kier molecular flexibility index (Phi) is 4.88. The fourth-order valence-corrected chi connectivity index (χ4v) is 2.22. The van der Waals surface area contributed by atoms with E-state index in [1.54, 1.807) is 24.3 Å². The summed E-state index contributed by atoms with van der Waals surface area (Å²) >= 11 is 0. The summed E-state index contributed by atoms with van der Waals surface area (Å²) in [5.41, 5.74) is 0.494. The average Bonchev–Trinajstić information content (AvgIpc) is 2.65. The minimum atomic E-state index is -0.744. The lowest BCUT2D eigenvalue weighted by Gasteiger charge is -2.12. The highest BCUT2D eigenvalue weighted by Gasteiger charge is 2.14. The van der Waals surface area contributed by atoms with Crippen LogP contribution in [-0.2, 0) is 6.61 Å². The van der Waals surface area contributed by atoms with Crippen LogP contribution in [0.25, 0.3) is 0 Å². The highest BCUT2D eigenvalue weighted by Crippen LogP contribution is 2.28. The minimum absolute atomic E-state index is 0.0155. The van der Waals surface area contributed by atoms with E-state index in [9.17, 15) is 4.39 Å². The molecule has 2 N–H and O–H groups in total. The number of nitrogens with zero attached hydrogens (tertiary/aromatic N) is 2. The van der Waals surface area contributed by atoms with E-state index >= 15 is 0 Å². The van der Waals surface area contributed by atoms with Gasteiger partial charge in [-0.3, -0.25) is 4.98 Å². The Hall–Kier alpha value is -3.43. The second-order valence-electron chi connectivity index (χ2n) is 5.14. The van der Waals surface area contributed by atoms with Gasteiger partial charge in [0.1, 0.15) is 23.3 Å². The van der Waals surface area contributed by atoms with E-state index in [-0.39, 0.29) is 16.9 Å². The maximum Gasteiger partial charge on any atom is 0.171 e. The lowest BCUT2D eigenvalue weighted by atomic mass is 10.2. The van der Waals surface area contributed by atoms with Crippen molar-refractivity contribution in [1.82, 2.24) is 4.98 Å². The lowest BCUT2D eigenvalue weighted by Crippen LogP contribution is -2.03. The summed E-state index contributed by atoms with van der Waals surface area (Å²) in [5.74, 6) is 0.595. The predicted octanol–water partition coefficient (Wildman–Crippen LogP) is 4.12. The van der Waals surface area contributed by atoms with Crippen LogP contribution in [0.15, 0.2) is 60.8 Å². The molecule has 0 aliphatic carbocycles. The summed E-state index contributed by atoms with van der Waals surface area (Å²) in [6, 6.07) is 18.1. The van der Waals surface area contributed by atoms with E-state index < -0.39 is 12.4 Å². The first-order chi connectivity index (χ1) is 12.2. The molecule has 1 aromatic heterocycles. The molecule has 0 atom stereocenters. The molecule has 0 aliphatic rings. The Morgan fingerprint density at radius 2 is 1.76 bits per heavy atom. The quantitative estimate of drug-likeness (QED) is 0.733. The van der Waals surface area contributed by atoms with Gasteiger partial charge in [-0.05, 0) is 36.4 Å². The largest absolute Gasteiger partial charge is 0.457 e. The summed E-state index contributed by atoms with van der Waals surface area (Å²) in [7, 11) is 0. The fraction of sp³-hybridized carbons (Fsp3) is 0.0526. The molecule has 0 saturated heterocycles. The third-order valence-electron chi connectivity index (χ3n) is 3.46. The molecule has 0 unspecified atom stereocenters. The van der Waals surface area contributed by atoms with Crippen LogP contribution in [0.3, 0.4) is 0 Å². The number of nitrogens with one attached hydrogen (secondary N) is 1. The molecule has 5 nitrogen and oxygen atoms in total. The van der Waals surface area contributed by atoms with Crippen LogP contribution in [-0.4, -0.2) is 10.1 Å². The van der Waals surface area contributed by atoms with Gasteiger partial charge in [-0.15, -0.1) is 0 Å². The number of halogens is 1. The third kappa shape index (κ3) is 3.74. The predicted molar refractivity (Wildman–Crippen MR) is 91.1 cm³/mol. The molecule has 6 heteroatoms. The monoisotopic (exact) mass is 335 g/mol. The van der Waals surface area contributed by atoms with Crippen LogP contribution >= 0.6 is 0 Å². The molecule has 0 radical (unpaired) electrons. The highest BCUT2D eigenvalue weighted by atomic mass is 19.1. The van der Waals surface area contributed by atoms with Crippen molar-refractivity contribution in [2.24, 2.45) is 0 Å². The number of ether oxygens (including phenoxy) is 1. The van der Waals surface area contributed by atoms with Gasteiger partial charge in [0.25, 0.3) is 0 Å². The first kappa shape index (κ1) is 16.4. The number of benzene rings is 2. The third-order valence-corrected chi connectivity index (χ3v) is 3.46. The van der Waals surface area contributed by atoms with E-state index in [2.05, 4.69) is 10.3 Å². The molecule has 0 spiro atoms. The molecule has 1 heterocycles. The molecule has 2 aromatic carbocycles. The zero-order chi connectivity index (χ0) is 17.6. The summed E-state index contributed by atoms with van der Waals surface area (Å²) in [6.45, 7) is -0.546. The number of hydrogen-bond donors (Lipinski definition) is 2. The van der Waals surface area contributed by atoms with Crippen molar-refractivity contribution >= 4 is 11.4 Å². The van der Waals surface area contributed by atoms with Gasteiger partial charge in [0.15, 0.2) is 5.82 Å². The first-order valence-corrected chi connectivity index (χ1v) is 7.49. The number of anilines is 2. The molecule has 3 rings (SSSR count). The number of pyridine rings is 1. The van der Waals surface area contributed by atoms with Crippen LogP contribution in [0.1, 0.15) is 11.3 Å². The number of hydrogen-bond acceptors (Lipinski definition) is 5. The standard InChI is InChI=1S/C19H14FN3O2/c20-18-17(12-24)22-11-13(10-21)19(18)23-14-6-8-16(9-7-14)25-15-4-2-1-3-5-15/h1-9,11,24H,12H2,(H,22,23). The van der Waals surface area contributed by atoms with Crippen molar-refractivity contribution in [3.63, 3.8) is 0 Å². The number of rotatable bonds is 5. The van der Waals surface area contributed by atoms with Gasteiger partial charge in [0.05, 0.1) is 17.9 Å². The van der Waals surface area contributed by atoms with Gasteiger partial charge in [-0.25, -0.2) is 4.39 Å². The summed E-state index contributed by atoms with van der Waals surface area (Å²) in [6.07, 6.45) is 1.23. The van der Waals surface area contributed by atoms with Gasteiger partial charge in [-0.1, -0.05) is 18.2 Å². The van der Waals surface area contributed by atoms with Gasteiger partial charge in [-0.2, -0.15) is 5.26 Å². The van der Waals surface area contributed by atoms with Gasteiger partial charge >= 0.3 is 0 Å². The maximum atomic E-state index is 14.3. The van der Waals surface area contributed by atoms with Crippen LogP contribution in [0.4, 0.5) is 15.8 Å². The van der Waals surface area contributed by atoms with E-state index in [0.29, 0.717) is 17.2 Å². The van der Waals surface area contributed by atoms with Gasteiger partial charge in [0.2, 0.25) is 0 Å². The Labute approximate surface area is 144 Å². The smallest absolute Gasteiger partial charge is 0.171 e. The number of aliphatic hydroxyl groups excluding tert-OH is 1. The Balaban J connectivity index is 1.81. The van der Waals surface area contributed by atoms with E-state index in [4.69, 9.17) is 15.1 Å². The zero-order valence-electron chi connectivity index (χ0n) is 13.1. The molecular weight excluding hydrogens is 321 g/mol. The van der Waals surface area contributed by atoms with Gasteiger partial charge < -0.3 is 15.2 Å². The second kappa shape index (κ2) is 7.43. The van der Waals surface area contributed by atoms with Crippen LogP contribution in [0.2, 0.25) is 0 Å². The average molecular weight is 335 g/mol. The number of nitriles is 1. The van der Waals surface area contributed by atoms with Crippen molar-refractivity contribution in [3.05, 3.63) is 77.9 Å². The molecule has 0 amide bonds. The fourth-order valence-electron chi connectivity index (χ4n) is 2.22. The van der Waals surface area contributed by atoms with E-state index in [1.807, 2.05) is 36.4 Å². The van der Waals surface area contributed by atoms with Crippen LogP contribution < -0.4 is 10.1 Å². The molecular formula is C19H14FN3O2. The van der Waals surface area contributed by atoms with Crippen molar-refractivity contribution in [2.45, 2.75) is 6.61 Å². The number of para-hydroxylation sites is 1. The van der Waals surface area contributed by atoms with E-state index in [0.717, 1.165) is 0 Å². The van der Waals surface area contributed by atoms with Crippen LogP contribution in [0, 0.1) is 17.1 Å². The maximum absolute atomic E-state index is 14.3. The van der Waals surface area contributed by atoms with Crippen LogP contribution in [0.5, 0.6) is 11.5 Å². The molecule has 3 aromatic rings. The Bertz CT molecular complexity index is 906. The van der Waals surface area contributed by atoms with Gasteiger partial charge in [0, 0.05) is 11.9 Å². The molecule has 0 bridgehead atoms. The summed E-state index contributed by atoms with van der Waals surface area (Å²) in [4.78, 5) is 3.72. The topological polar surface area (TPSA) is 78.2 Å². The Morgan fingerprint density at radius 3 is 2.40 bits per heavy atom. The molecule has 0 fully saturated rings. The van der Waals surface area contributed by atoms with Crippen molar-refractivity contribution in [1.29, 1.82) is 5.26 Å². The molecule has 25 heavy (non-hydrogen) atoms. The Morgan fingerprint density at radius 1 is 1.08 bits per heavy atom. The normalized spacial score (nSPS) is 10.1. The van der Waals surface area contributed by atoms with E-state index in [1.165, 1.54) is 6.20 Å². The zero-order valence-corrected chi connectivity index (χ0v) is 13.1. The number of aliphatic hydroxyl groups is 1. The minimum Gasteiger partial charge on any atom is -0.457 e. The highest BCUT2D eigenvalue weighted by molar-refractivity contribution is 5.67. The summed E-state index contributed by atoms with van der Waals surface area (Å²) < 4.78 is 20.0. The molecule has 0 aliphatic heterocycles. The first-order valence-electron chi connectivity index (χ1n) is 7.49. The summed E-state index contributed by atoms with van der Waals surface area (Å²) in [5, 5.41) is 21.1. The van der Waals surface area contributed by atoms with Crippen molar-refractivity contribution < 1.29 is 14.2 Å². The SMILES string of the molecule is N#Cc1cnc(CO)c(F)c1Nc1ccc(Oc2ccccc2)cc1. The molecule has 0 saturated carbocycles. The second-order valence-corrected chi connectivity index (χ2v) is 5.14. The molecule has 124 valence electrons. The van der Waals surface area contributed by atoms with Crippen molar-refractivity contribution in [2.75, 3.05) is 5.32 Å². The lowest BCUT2D eigenvalue weighted by molar-refractivity contribution is 0.270. The van der Waals surface area contributed by atoms with Crippen molar-refractivity contribution in [3.8, 4) is 17.6 Å². The number of aromatic nitrogens is 1.